The third-order valence-electron chi connectivity index (χ3n) is 3.87. The number of fused-ring (bicyclic) bond motifs is 1. The van der Waals surface area contributed by atoms with Crippen LogP contribution in [0.25, 0.3) is 11.0 Å². The van der Waals surface area contributed by atoms with Gasteiger partial charge in [0.25, 0.3) is 6.29 Å². The second kappa shape index (κ2) is 6.33. The van der Waals surface area contributed by atoms with Gasteiger partial charge in [0.05, 0.1) is 6.61 Å². The number of benzene rings is 1. The van der Waals surface area contributed by atoms with Gasteiger partial charge < -0.3 is 29.2 Å². The van der Waals surface area contributed by atoms with Crippen LogP contribution in [0.15, 0.2) is 33.5 Å². The van der Waals surface area contributed by atoms with Gasteiger partial charge >= 0.3 is 5.63 Å². The molecule has 1 aromatic heterocycles. The summed E-state index contributed by atoms with van der Waals surface area (Å²) in [5.41, 5.74) is 0.498. The third kappa shape index (κ3) is 2.92. The molecule has 0 radical (unpaired) electrons. The molecule has 1 aliphatic rings. The Hall–Kier alpha value is -2.26. The van der Waals surface area contributed by atoms with Crippen molar-refractivity contribution in [3.63, 3.8) is 0 Å². The molecular formula is C16H16O8. The molecule has 1 saturated heterocycles. The smallest absolute Gasteiger partial charge is 0.336 e. The van der Waals surface area contributed by atoms with Crippen LogP contribution < -0.4 is 10.4 Å². The number of aryl methyl sites for hydroxylation is 1. The number of aliphatic hydroxyl groups is 3. The zero-order valence-corrected chi connectivity index (χ0v) is 12.7. The molecule has 2 aromatic rings. The molecule has 3 rings (SSSR count). The van der Waals surface area contributed by atoms with Crippen molar-refractivity contribution in [2.24, 2.45) is 0 Å². The number of aliphatic hydroxyl groups excluding tert-OH is 3. The average molecular weight is 336 g/mol. The third-order valence-corrected chi connectivity index (χ3v) is 3.87. The Bertz CT molecular complexity index is 826. The van der Waals surface area contributed by atoms with Crippen molar-refractivity contribution >= 4 is 16.8 Å². The minimum absolute atomic E-state index is 0.176. The lowest BCUT2D eigenvalue weighted by Crippen LogP contribution is -2.57. The first-order valence-electron chi connectivity index (χ1n) is 7.28. The first-order valence-corrected chi connectivity index (χ1v) is 7.28. The van der Waals surface area contributed by atoms with E-state index in [-0.39, 0.29) is 11.3 Å². The highest BCUT2D eigenvalue weighted by atomic mass is 16.7. The maximum absolute atomic E-state index is 12.0. The van der Waals surface area contributed by atoms with Gasteiger partial charge in [-0.25, -0.2) is 4.79 Å². The topological polar surface area (TPSA) is 126 Å². The summed E-state index contributed by atoms with van der Waals surface area (Å²) in [7, 11) is 0. The van der Waals surface area contributed by atoms with E-state index in [0.29, 0.717) is 5.39 Å². The highest BCUT2D eigenvalue weighted by Crippen LogP contribution is 2.25. The Labute approximate surface area is 135 Å². The number of rotatable bonds is 3. The van der Waals surface area contributed by atoms with Crippen molar-refractivity contribution < 1.29 is 34.0 Å². The predicted octanol–water partition coefficient (Wildman–Crippen LogP) is -0.512. The largest absolute Gasteiger partial charge is 0.457 e. The molecule has 1 aliphatic heterocycles. The van der Waals surface area contributed by atoms with Crippen LogP contribution in [0, 0.1) is 6.92 Å². The molecule has 0 spiro atoms. The number of hydrogen-bond donors (Lipinski definition) is 3. The molecule has 0 bridgehead atoms. The zero-order chi connectivity index (χ0) is 17.4. The van der Waals surface area contributed by atoms with Gasteiger partial charge in [-0.05, 0) is 24.6 Å². The molecular weight excluding hydrogens is 320 g/mol. The average Bonchev–Trinajstić information content (AvgIpc) is 2.55. The molecule has 4 atom stereocenters. The number of ether oxygens (including phenoxy) is 2. The lowest BCUT2D eigenvalue weighted by molar-refractivity contribution is -0.219. The number of Topliss-reactive ketones (excluding diaryl/α,β-unsaturated/α-hetero) is 1. The monoisotopic (exact) mass is 336 g/mol. The molecule has 128 valence electrons. The van der Waals surface area contributed by atoms with Crippen LogP contribution in [0.4, 0.5) is 0 Å². The van der Waals surface area contributed by atoms with Crippen molar-refractivity contribution in [3.05, 3.63) is 40.2 Å². The van der Waals surface area contributed by atoms with E-state index in [9.17, 15) is 19.8 Å². The Kier molecular flexibility index (Phi) is 4.37. The lowest BCUT2D eigenvalue weighted by Gasteiger charge is -2.34. The molecule has 1 aromatic carbocycles. The summed E-state index contributed by atoms with van der Waals surface area (Å²) in [5, 5.41) is 29.2. The normalized spacial score (nSPS) is 27.4. The van der Waals surface area contributed by atoms with Gasteiger partial charge in [-0.2, -0.15) is 0 Å². The van der Waals surface area contributed by atoms with Gasteiger partial charge in [0.1, 0.15) is 29.6 Å². The van der Waals surface area contributed by atoms with Crippen molar-refractivity contribution in [2.75, 3.05) is 6.61 Å². The Morgan fingerprint density at radius 1 is 1.21 bits per heavy atom. The van der Waals surface area contributed by atoms with Crippen LogP contribution in [0.5, 0.6) is 5.75 Å². The van der Waals surface area contributed by atoms with Crippen LogP contribution in [0.2, 0.25) is 0 Å². The quantitative estimate of drug-likeness (QED) is 0.640. The van der Waals surface area contributed by atoms with E-state index in [1.54, 1.807) is 19.1 Å². The summed E-state index contributed by atoms with van der Waals surface area (Å²) < 4.78 is 15.6. The SMILES string of the molecule is Cc1cc(=O)oc2cc(OC3OC(CO)C(O)C(O)C3=O)ccc12. The molecule has 8 nitrogen and oxygen atoms in total. The minimum atomic E-state index is -1.72. The summed E-state index contributed by atoms with van der Waals surface area (Å²) >= 11 is 0. The molecule has 24 heavy (non-hydrogen) atoms. The summed E-state index contributed by atoms with van der Waals surface area (Å²) in [6.07, 6.45) is -5.89. The number of hydrogen-bond acceptors (Lipinski definition) is 8. The van der Waals surface area contributed by atoms with Crippen LogP contribution in [-0.2, 0) is 9.53 Å². The number of carbonyl (C=O) groups is 1. The van der Waals surface area contributed by atoms with E-state index >= 15 is 0 Å². The van der Waals surface area contributed by atoms with E-state index in [4.69, 9.17) is 19.0 Å². The molecule has 3 N–H and O–H groups in total. The highest BCUT2D eigenvalue weighted by Gasteiger charge is 2.44. The maximum atomic E-state index is 12.0. The number of ketones is 1. The van der Waals surface area contributed by atoms with Gasteiger partial charge in [0.15, 0.2) is 0 Å². The second-order valence-corrected chi connectivity index (χ2v) is 5.55. The van der Waals surface area contributed by atoms with Gasteiger partial charge in [0, 0.05) is 17.5 Å². The van der Waals surface area contributed by atoms with Gasteiger partial charge in [0.2, 0.25) is 5.78 Å². The standard InChI is InChI=1S/C16H16O8/c1-7-4-12(18)23-10-5-8(2-3-9(7)10)22-16-15(21)14(20)13(19)11(6-17)24-16/h2-5,11,13-14,16-17,19-20H,6H2,1H3. The van der Waals surface area contributed by atoms with Gasteiger partial charge in [-0.3, -0.25) is 4.79 Å². The molecule has 0 amide bonds. The minimum Gasteiger partial charge on any atom is -0.457 e. The molecule has 0 saturated carbocycles. The van der Waals surface area contributed by atoms with E-state index in [0.717, 1.165) is 5.56 Å². The van der Waals surface area contributed by atoms with Crippen molar-refractivity contribution in [1.29, 1.82) is 0 Å². The first kappa shape index (κ1) is 16.6. The molecule has 4 unspecified atom stereocenters. The molecule has 8 heteroatoms. The van der Waals surface area contributed by atoms with E-state index in [1.165, 1.54) is 12.1 Å². The van der Waals surface area contributed by atoms with Crippen LogP contribution in [0.3, 0.4) is 0 Å². The molecule has 1 fully saturated rings. The fourth-order valence-electron chi connectivity index (χ4n) is 2.56. The zero-order valence-electron chi connectivity index (χ0n) is 12.7. The first-order chi connectivity index (χ1) is 11.4. The van der Waals surface area contributed by atoms with E-state index in [2.05, 4.69) is 0 Å². The summed E-state index contributed by atoms with van der Waals surface area (Å²) in [5.74, 6) is -0.687. The van der Waals surface area contributed by atoms with Gasteiger partial charge in [-0.1, -0.05) is 0 Å². The fourth-order valence-corrected chi connectivity index (χ4v) is 2.56. The summed E-state index contributed by atoms with van der Waals surface area (Å²) in [4.78, 5) is 23.4. The predicted molar refractivity (Wildman–Crippen MR) is 80.6 cm³/mol. The van der Waals surface area contributed by atoms with Crippen LogP contribution in [-0.4, -0.2) is 52.3 Å². The van der Waals surface area contributed by atoms with Gasteiger partial charge in [-0.15, -0.1) is 0 Å². The van der Waals surface area contributed by atoms with Crippen molar-refractivity contribution in [2.45, 2.75) is 31.5 Å². The van der Waals surface area contributed by atoms with Crippen LogP contribution in [0.1, 0.15) is 5.56 Å². The second-order valence-electron chi connectivity index (χ2n) is 5.55. The molecule has 2 heterocycles. The lowest BCUT2D eigenvalue weighted by atomic mass is 10.0. The van der Waals surface area contributed by atoms with E-state index in [1.807, 2.05) is 0 Å². The maximum Gasteiger partial charge on any atom is 0.336 e. The molecule has 0 aliphatic carbocycles. The summed E-state index contributed by atoms with van der Waals surface area (Å²) in [6, 6.07) is 5.99. The Morgan fingerprint density at radius 2 is 1.96 bits per heavy atom. The van der Waals surface area contributed by atoms with Crippen molar-refractivity contribution in [1.82, 2.24) is 0 Å². The van der Waals surface area contributed by atoms with Crippen LogP contribution >= 0.6 is 0 Å². The Balaban J connectivity index is 1.89. The highest BCUT2D eigenvalue weighted by molar-refractivity contribution is 5.88. The van der Waals surface area contributed by atoms with Crippen molar-refractivity contribution in [3.8, 4) is 5.75 Å². The summed E-state index contributed by atoms with van der Waals surface area (Å²) in [6.45, 7) is 1.17. The fraction of sp³-hybridized carbons (Fsp3) is 0.375. The number of carbonyl (C=O) groups excluding carboxylic acids is 1. The van der Waals surface area contributed by atoms with E-state index < -0.39 is 42.6 Å². The Morgan fingerprint density at radius 3 is 2.67 bits per heavy atom.